The largest absolute Gasteiger partial charge is 0.508 e. The molecule has 0 amide bonds. The Hall–Kier alpha value is -3.09. The zero-order valence-corrected chi connectivity index (χ0v) is 12.1. The van der Waals surface area contributed by atoms with E-state index in [9.17, 15) is 25.2 Å². The molecule has 0 saturated heterocycles. The maximum Gasteiger partial charge on any atom is 0.174 e. The van der Waals surface area contributed by atoms with Crippen molar-refractivity contribution in [3.63, 3.8) is 0 Å². The first-order valence-corrected chi connectivity index (χ1v) is 6.76. The van der Waals surface area contributed by atoms with Crippen LogP contribution in [0.25, 0.3) is 0 Å². The molecule has 0 radical (unpaired) electrons. The Morgan fingerprint density at radius 1 is 1.04 bits per heavy atom. The summed E-state index contributed by atoms with van der Waals surface area (Å²) < 4.78 is 10.6. The van der Waals surface area contributed by atoms with Crippen LogP contribution in [-0.4, -0.2) is 33.3 Å². The molecule has 2 aromatic carbocycles. The van der Waals surface area contributed by atoms with Gasteiger partial charge in [0.15, 0.2) is 17.3 Å². The minimum absolute atomic E-state index is 0.00992. The fraction of sp³-hybridized carbons (Fsp3) is 0.188. The highest BCUT2D eigenvalue weighted by Crippen LogP contribution is 2.45. The topological polar surface area (TPSA) is 116 Å². The molecule has 0 aromatic heterocycles. The fourth-order valence-electron chi connectivity index (χ4n) is 2.59. The first-order valence-electron chi connectivity index (χ1n) is 6.76. The Labute approximate surface area is 131 Å². The summed E-state index contributed by atoms with van der Waals surface area (Å²) in [6.45, 7) is 0. The number of ether oxygens (including phenoxy) is 2. The van der Waals surface area contributed by atoms with Gasteiger partial charge in [0, 0.05) is 23.8 Å². The number of hydrogen-bond acceptors (Lipinski definition) is 7. The van der Waals surface area contributed by atoms with E-state index in [-0.39, 0.29) is 57.8 Å². The number of fused-ring (bicyclic) bond motifs is 1. The molecule has 0 fully saturated rings. The van der Waals surface area contributed by atoms with Crippen LogP contribution in [0.4, 0.5) is 0 Å². The molecule has 2 aromatic rings. The second-order valence-electron chi connectivity index (χ2n) is 5.15. The van der Waals surface area contributed by atoms with Crippen molar-refractivity contribution in [2.24, 2.45) is 0 Å². The zero-order chi connectivity index (χ0) is 16.7. The Morgan fingerprint density at radius 3 is 2.48 bits per heavy atom. The molecular formula is C16H14O7. The van der Waals surface area contributed by atoms with E-state index in [1.807, 2.05) is 0 Å². The predicted octanol–water partition coefficient (Wildman–Crippen LogP) is 2.22. The van der Waals surface area contributed by atoms with Crippen LogP contribution < -0.4 is 9.47 Å². The van der Waals surface area contributed by atoms with Crippen molar-refractivity contribution in [3.8, 4) is 34.5 Å². The number of aromatic hydroxyl groups is 4. The highest BCUT2D eigenvalue weighted by molar-refractivity contribution is 6.02. The maximum absolute atomic E-state index is 12.3. The predicted molar refractivity (Wildman–Crippen MR) is 78.4 cm³/mol. The van der Waals surface area contributed by atoms with Gasteiger partial charge in [-0.25, -0.2) is 0 Å². The van der Waals surface area contributed by atoms with E-state index in [0.717, 1.165) is 12.1 Å². The molecule has 120 valence electrons. The van der Waals surface area contributed by atoms with Crippen LogP contribution >= 0.6 is 0 Å². The van der Waals surface area contributed by atoms with E-state index in [1.165, 1.54) is 19.2 Å². The lowest BCUT2D eigenvalue weighted by molar-refractivity contribution is 0.0841. The minimum Gasteiger partial charge on any atom is -0.508 e. The van der Waals surface area contributed by atoms with Gasteiger partial charge in [-0.15, -0.1) is 0 Å². The van der Waals surface area contributed by atoms with Gasteiger partial charge in [0.2, 0.25) is 0 Å². The van der Waals surface area contributed by atoms with Gasteiger partial charge < -0.3 is 29.9 Å². The number of carbonyl (C=O) groups is 1. The van der Waals surface area contributed by atoms with Gasteiger partial charge >= 0.3 is 0 Å². The normalized spacial score (nSPS) is 16.6. The summed E-state index contributed by atoms with van der Waals surface area (Å²) in [5, 5.41) is 38.9. The van der Waals surface area contributed by atoms with Gasteiger partial charge in [-0.1, -0.05) is 0 Å². The van der Waals surface area contributed by atoms with Gasteiger partial charge in [0.1, 0.15) is 34.7 Å². The molecule has 7 nitrogen and oxygen atoms in total. The van der Waals surface area contributed by atoms with E-state index in [2.05, 4.69) is 0 Å². The van der Waals surface area contributed by atoms with Crippen molar-refractivity contribution in [1.29, 1.82) is 0 Å². The lowest BCUT2D eigenvalue weighted by atomic mass is 9.94. The van der Waals surface area contributed by atoms with E-state index in [0.29, 0.717) is 0 Å². The minimum atomic E-state index is -0.842. The number of Topliss-reactive ketones (excluding diaryl/α,β-unsaturated/α-hetero) is 1. The average molecular weight is 318 g/mol. The first-order chi connectivity index (χ1) is 10.9. The lowest BCUT2D eigenvalue weighted by Gasteiger charge is -2.26. The molecule has 0 saturated carbocycles. The lowest BCUT2D eigenvalue weighted by Crippen LogP contribution is -2.20. The second kappa shape index (κ2) is 5.28. The average Bonchev–Trinajstić information content (AvgIpc) is 2.46. The molecule has 1 aliphatic heterocycles. The molecule has 1 atom stereocenters. The third-order valence-corrected chi connectivity index (χ3v) is 3.66. The highest BCUT2D eigenvalue weighted by Gasteiger charge is 2.32. The first kappa shape index (κ1) is 14.8. The Bertz CT molecular complexity index is 798. The van der Waals surface area contributed by atoms with Crippen LogP contribution in [0.3, 0.4) is 0 Å². The molecule has 4 N–H and O–H groups in total. The number of rotatable bonds is 2. The summed E-state index contributed by atoms with van der Waals surface area (Å²) in [5.41, 5.74) is 0.241. The van der Waals surface area contributed by atoms with Gasteiger partial charge in [0.05, 0.1) is 13.5 Å². The number of methoxy groups -OCH3 is 1. The van der Waals surface area contributed by atoms with Crippen molar-refractivity contribution >= 4 is 5.78 Å². The fourth-order valence-corrected chi connectivity index (χ4v) is 2.59. The van der Waals surface area contributed by atoms with Gasteiger partial charge in [-0.2, -0.15) is 0 Å². The van der Waals surface area contributed by atoms with E-state index in [1.54, 1.807) is 0 Å². The molecule has 1 heterocycles. The van der Waals surface area contributed by atoms with E-state index < -0.39 is 6.10 Å². The third-order valence-electron chi connectivity index (χ3n) is 3.66. The Morgan fingerprint density at radius 2 is 1.78 bits per heavy atom. The Kier molecular flexibility index (Phi) is 3.40. The number of benzene rings is 2. The molecule has 7 heteroatoms. The smallest absolute Gasteiger partial charge is 0.174 e. The van der Waals surface area contributed by atoms with Crippen molar-refractivity contribution in [3.05, 3.63) is 35.4 Å². The quantitative estimate of drug-likeness (QED) is 0.671. The molecule has 0 bridgehead atoms. The van der Waals surface area contributed by atoms with Crippen LogP contribution in [0.5, 0.6) is 34.5 Å². The zero-order valence-electron chi connectivity index (χ0n) is 12.1. The molecule has 1 aliphatic rings. The van der Waals surface area contributed by atoms with Crippen LogP contribution in [0, 0.1) is 0 Å². The summed E-state index contributed by atoms with van der Waals surface area (Å²) in [5.74, 6) is -1.35. The van der Waals surface area contributed by atoms with Crippen molar-refractivity contribution in [2.75, 3.05) is 7.11 Å². The summed E-state index contributed by atoms with van der Waals surface area (Å²) in [6.07, 6.45) is -0.960. The summed E-state index contributed by atoms with van der Waals surface area (Å²) >= 11 is 0. The highest BCUT2D eigenvalue weighted by atomic mass is 16.5. The van der Waals surface area contributed by atoms with Crippen LogP contribution in [0.1, 0.15) is 28.4 Å². The molecule has 0 spiro atoms. The Balaban J connectivity index is 2.05. The van der Waals surface area contributed by atoms with E-state index in [4.69, 9.17) is 9.47 Å². The van der Waals surface area contributed by atoms with Gasteiger partial charge in [0.25, 0.3) is 0 Å². The standard InChI is InChI=1S/C16H14O7/c1-22-14-4-8(9(18)5-10(14)19)13-6-12(21)16-11(20)2-7(17)3-15(16)23-13/h2-5,13,17-20H,6H2,1H3. The summed E-state index contributed by atoms with van der Waals surface area (Å²) in [6, 6.07) is 4.74. The summed E-state index contributed by atoms with van der Waals surface area (Å²) in [4.78, 5) is 12.3. The molecular weight excluding hydrogens is 304 g/mol. The number of ketones is 1. The van der Waals surface area contributed by atoms with Gasteiger partial charge in [-0.3, -0.25) is 4.79 Å². The number of hydrogen-bond donors (Lipinski definition) is 4. The van der Waals surface area contributed by atoms with Crippen molar-refractivity contribution in [2.45, 2.75) is 12.5 Å². The van der Waals surface area contributed by atoms with E-state index >= 15 is 0 Å². The second-order valence-corrected chi connectivity index (χ2v) is 5.15. The number of phenols is 4. The summed E-state index contributed by atoms with van der Waals surface area (Å²) in [7, 11) is 1.36. The van der Waals surface area contributed by atoms with Crippen molar-refractivity contribution < 1.29 is 34.7 Å². The van der Waals surface area contributed by atoms with Crippen LogP contribution in [-0.2, 0) is 0 Å². The molecule has 3 rings (SSSR count). The monoisotopic (exact) mass is 318 g/mol. The van der Waals surface area contributed by atoms with Crippen molar-refractivity contribution in [1.82, 2.24) is 0 Å². The SMILES string of the molecule is COc1cc(C2CC(=O)c3c(O)cc(O)cc3O2)c(O)cc1O. The maximum atomic E-state index is 12.3. The molecule has 1 unspecified atom stereocenters. The molecule has 23 heavy (non-hydrogen) atoms. The number of phenolic OH excluding ortho intramolecular Hbond substituents is 4. The number of carbonyl (C=O) groups excluding carboxylic acids is 1. The van der Waals surface area contributed by atoms with Crippen LogP contribution in [0.15, 0.2) is 24.3 Å². The molecule has 0 aliphatic carbocycles. The van der Waals surface area contributed by atoms with Crippen LogP contribution in [0.2, 0.25) is 0 Å². The van der Waals surface area contributed by atoms with Gasteiger partial charge in [-0.05, 0) is 6.07 Å². The third kappa shape index (κ3) is 2.46.